The molecule has 0 aromatic carbocycles. The Bertz CT molecular complexity index is 524. The van der Waals surface area contributed by atoms with Crippen LogP contribution in [0.15, 0.2) is 16.3 Å². The second-order valence-electron chi connectivity index (χ2n) is 5.02. The van der Waals surface area contributed by atoms with Crippen LogP contribution in [0.3, 0.4) is 0 Å². The van der Waals surface area contributed by atoms with Gasteiger partial charge in [-0.25, -0.2) is 8.42 Å². The number of hydrogen-bond donors (Lipinski definition) is 1. The first kappa shape index (κ1) is 15.0. The second kappa shape index (κ2) is 5.91. The molecule has 1 aliphatic rings. The summed E-state index contributed by atoms with van der Waals surface area (Å²) in [6, 6.07) is 3.68. The van der Waals surface area contributed by atoms with Crippen molar-refractivity contribution in [3.63, 3.8) is 0 Å². The molecule has 1 saturated heterocycles. The van der Waals surface area contributed by atoms with E-state index in [-0.39, 0.29) is 18.7 Å². The van der Waals surface area contributed by atoms with Crippen molar-refractivity contribution < 1.29 is 13.5 Å². The van der Waals surface area contributed by atoms with Crippen molar-refractivity contribution >= 4 is 21.4 Å². The molecule has 0 radical (unpaired) electrons. The highest BCUT2D eigenvalue weighted by atomic mass is 32.2. The summed E-state index contributed by atoms with van der Waals surface area (Å²) in [7, 11) is -3.38. The van der Waals surface area contributed by atoms with Gasteiger partial charge in [0.2, 0.25) is 0 Å². The molecule has 1 aromatic heterocycles. The van der Waals surface area contributed by atoms with E-state index in [4.69, 9.17) is 5.11 Å². The van der Waals surface area contributed by atoms with Gasteiger partial charge in [0, 0.05) is 30.0 Å². The molecule has 1 N–H and O–H groups in total. The molecule has 19 heavy (non-hydrogen) atoms. The van der Waals surface area contributed by atoms with Crippen LogP contribution in [-0.2, 0) is 16.4 Å². The number of aliphatic hydroxyl groups is 1. The Hall–Kier alpha value is -0.430. The molecule has 108 valence electrons. The molecule has 2 heterocycles. The number of rotatable bonds is 5. The maximum atomic E-state index is 12.7. The smallest absolute Gasteiger partial charge is 0.253 e. The highest BCUT2D eigenvalue weighted by molar-refractivity contribution is 7.91. The van der Waals surface area contributed by atoms with Gasteiger partial charge in [-0.3, -0.25) is 0 Å². The number of hydrogen-bond acceptors (Lipinski definition) is 4. The van der Waals surface area contributed by atoms with E-state index >= 15 is 0 Å². The molecule has 0 amide bonds. The normalized spacial score (nSPS) is 25.0. The minimum Gasteiger partial charge on any atom is -0.396 e. The lowest BCUT2D eigenvalue weighted by atomic mass is 10.2. The van der Waals surface area contributed by atoms with Gasteiger partial charge in [-0.1, -0.05) is 6.92 Å². The van der Waals surface area contributed by atoms with Crippen LogP contribution < -0.4 is 0 Å². The van der Waals surface area contributed by atoms with Crippen LogP contribution in [-0.4, -0.2) is 36.5 Å². The van der Waals surface area contributed by atoms with Crippen molar-refractivity contribution in [2.45, 2.75) is 55.8 Å². The van der Waals surface area contributed by atoms with Crippen LogP contribution in [0.5, 0.6) is 0 Å². The average Bonchev–Trinajstić information content (AvgIpc) is 2.96. The lowest BCUT2D eigenvalue weighted by Gasteiger charge is -2.26. The molecule has 1 aliphatic heterocycles. The van der Waals surface area contributed by atoms with E-state index in [1.807, 2.05) is 13.8 Å². The van der Waals surface area contributed by atoms with Gasteiger partial charge in [0.05, 0.1) is 0 Å². The molecule has 2 unspecified atom stereocenters. The van der Waals surface area contributed by atoms with E-state index in [2.05, 4.69) is 0 Å². The van der Waals surface area contributed by atoms with Crippen molar-refractivity contribution in [1.82, 2.24) is 4.31 Å². The molecule has 1 fully saturated rings. The lowest BCUT2D eigenvalue weighted by molar-refractivity contribution is 0.300. The summed E-state index contributed by atoms with van der Waals surface area (Å²) in [5.74, 6) is 0. The highest BCUT2D eigenvalue weighted by Gasteiger charge is 2.39. The lowest BCUT2D eigenvalue weighted by Crippen LogP contribution is -2.39. The molecule has 0 spiro atoms. The molecule has 2 atom stereocenters. The van der Waals surface area contributed by atoms with Crippen LogP contribution >= 0.6 is 11.3 Å². The maximum Gasteiger partial charge on any atom is 0.253 e. The first-order valence-electron chi connectivity index (χ1n) is 6.73. The van der Waals surface area contributed by atoms with E-state index in [1.165, 1.54) is 11.3 Å². The fraction of sp³-hybridized carbons (Fsp3) is 0.692. The zero-order valence-electron chi connectivity index (χ0n) is 11.4. The van der Waals surface area contributed by atoms with Gasteiger partial charge in [0.1, 0.15) is 4.21 Å². The molecule has 4 nitrogen and oxygen atoms in total. The minimum atomic E-state index is -3.38. The SMILES string of the molecule is CCC1CCC(C)N1S(=O)(=O)c1ccc(CCO)s1. The van der Waals surface area contributed by atoms with Gasteiger partial charge in [-0.2, -0.15) is 4.31 Å². The Morgan fingerprint density at radius 1 is 1.42 bits per heavy atom. The fourth-order valence-corrected chi connectivity index (χ4v) is 6.11. The van der Waals surface area contributed by atoms with Crippen LogP contribution in [0.2, 0.25) is 0 Å². The standard InChI is InChI=1S/C13H21NO3S2/c1-3-11-5-4-10(2)14(11)19(16,17)13-7-6-12(18-13)8-9-15/h6-7,10-11,15H,3-5,8-9H2,1-2H3. The molecule has 0 aliphatic carbocycles. The van der Waals surface area contributed by atoms with E-state index in [0.717, 1.165) is 24.1 Å². The van der Waals surface area contributed by atoms with E-state index in [0.29, 0.717) is 10.6 Å². The summed E-state index contributed by atoms with van der Waals surface area (Å²) < 4.78 is 27.5. The van der Waals surface area contributed by atoms with Crippen LogP contribution in [0.4, 0.5) is 0 Å². The number of thiophene rings is 1. The maximum absolute atomic E-state index is 12.7. The summed E-state index contributed by atoms with van der Waals surface area (Å²) in [5.41, 5.74) is 0. The largest absolute Gasteiger partial charge is 0.396 e. The number of sulfonamides is 1. The van der Waals surface area contributed by atoms with Crippen LogP contribution in [0.1, 0.15) is 38.0 Å². The minimum absolute atomic E-state index is 0.0533. The fourth-order valence-electron chi connectivity index (χ4n) is 2.71. The second-order valence-corrected chi connectivity index (χ2v) is 8.26. The Morgan fingerprint density at radius 2 is 2.16 bits per heavy atom. The van der Waals surface area contributed by atoms with Crippen molar-refractivity contribution in [3.8, 4) is 0 Å². The van der Waals surface area contributed by atoms with Gasteiger partial charge in [0.25, 0.3) is 10.0 Å². The van der Waals surface area contributed by atoms with Crippen molar-refractivity contribution in [1.29, 1.82) is 0 Å². The van der Waals surface area contributed by atoms with Crippen LogP contribution in [0.25, 0.3) is 0 Å². The molecule has 0 bridgehead atoms. The molecule has 2 rings (SSSR count). The summed E-state index contributed by atoms with van der Waals surface area (Å²) >= 11 is 1.28. The zero-order valence-corrected chi connectivity index (χ0v) is 13.0. The van der Waals surface area contributed by atoms with Crippen molar-refractivity contribution in [2.75, 3.05) is 6.61 Å². The Morgan fingerprint density at radius 3 is 2.79 bits per heavy atom. The Balaban J connectivity index is 2.30. The monoisotopic (exact) mass is 303 g/mol. The number of aliphatic hydroxyl groups excluding tert-OH is 1. The topological polar surface area (TPSA) is 57.6 Å². The molecule has 1 aromatic rings. The summed E-state index contributed by atoms with van der Waals surface area (Å²) in [6.45, 7) is 4.07. The third kappa shape index (κ3) is 2.86. The molecule has 6 heteroatoms. The Kier molecular flexibility index (Phi) is 4.66. The summed E-state index contributed by atoms with van der Waals surface area (Å²) in [5, 5.41) is 8.91. The average molecular weight is 303 g/mol. The molecular formula is C13H21NO3S2. The number of nitrogens with zero attached hydrogens (tertiary/aromatic N) is 1. The quantitative estimate of drug-likeness (QED) is 0.907. The summed E-state index contributed by atoms with van der Waals surface area (Å²) in [6.07, 6.45) is 3.27. The molecule has 0 saturated carbocycles. The third-order valence-electron chi connectivity index (χ3n) is 3.71. The summed E-state index contributed by atoms with van der Waals surface area (Å²) in [4.78, 5) is 0.918. The first-order chi connectivity index (χ1) is 9.00. The van der Waals surface area contributed by atoms with Gasteiger partial charge in [-0.05, 0) is 38.3 Å². The predicted octanol–water partition coefficient (Wildman–Crippen LogP) is 2.23. The Labute approximate surface area is 119 Å². The van der Waals surface area contributed by atoms with Crippen LogP contribution in [0, 0.1) is 0 Å². The first-order valence-corrected chi connectivity index (χ1v) is 8.99. The van der Waals surface area contributed by atoms with Gasteiger partial charge in [-0.15, -0.1) is 11.3 Å². The predicted molar refractivity (Wildman–Crippen MR) is 76.9 cm³/mol. The third-order valence-corrected chi connectivity index (χ3v) is 7.39. The van der Waals surface area contributed by atoms with Gasteiger partial charge >= 0.3 is 0 Å². The highest BCUT2D eigenvalue weighted by Crippen LogP contribution is 2.34. The van der Waals surface area contributed by atoms with Gasteiger partial charge < -0.3 is 5.11 Å². The molecular weight excluding hydrogens is 282 g/mol. The van der Waals surface area contributed by atoms with Crippen molar-refractivity contribution in [2.24, 2.45) is 0 Å². The van der Waals surface area contributed by atoms with E-state index in [9.17, 15) is 8.42 Å². The van der Waals surface area contributed by atoms with Crippen molar-refractivity contribution in [3.05, 3.63) is 17.0 Å². The zero-order chi connectivity index (χ0) is 14.0. The van der Waals surface area contributed by atoms with E-state index < -0.39 is 10.0 Å². The van der Waals surface area contributed by atoms with Gasteiger partial charge in [0.15, 0.2) is 0 Å². The van der Waals surface area contributed by atoms with E-state index in [1.54, 1.807) is 16.4 Å².